The second kappa shape index (κ2) is 9.42. The molecule has 0 N–H and O–H groups in total. The van der Waals surface area contributed by atoms with Crippen LogP contribution in [0.15, 0.2) is 53.1 Å². The summed E-state index contributed by atoms with van der Waals surface area (Å²) in [6.45, 7) is 0.228. The van der Waals surface area contributed by atoms with E-state index in [-0.39, 0.29) is 29.9 Å². The molecule has 2 aliphatic heterocycles. The van der Waals surface area contributed by atoms with Gasteiger partial charge in [0.25, 0.3) is 0 Å². The highest BCUT2D eigenvalue weighted by atomic mass is 19.4. The second-order valence-electron chi connectivity index (χ2n) is 10.0. The van der Waals surface area contributed by atoms with Gasteiger partial charge in [-0.1, -0.05) is 17.3 Å². The minimum absolute atomic E-state index is 0.0311. The molecule has 192 valence electrons. The Morgan fingerprint density at radius 2 is 1.70 bits per heavy atom. The van der Waals surface area contributed by atoms with Crippen molar-refractivity contribution in [3.05, 3.63) is 65.4 Å². The van der Waals surface area contributed by atoms with Crippen molar-refractivity contribution in [2.75, 3.05) is 4.90 Å². The smallest absolute Gasteiger partial charge is 0.405 e. The first-order valence-electron chi connectivity index (χ1n) is 12.6. The molecule has 1 saturated carbocycles. The van der Waals surface area contributed by atoms with E-state index in [9.17, 15) is 13.2 Å². The van der Waals surface area contributed by atoms with Gasteiger partial charge in [0.15, 0.2) is 0 Å². The molecule has 9 heteroatoms. The SMILES string of the molecule is N#Cc1ccc(N2C3CCC2CC(OCc2c(-c4ccccc4OC(F)(F)F)noc2C2CC2)C3)cc1. The zero-order valence-corrected chi connectivity index (χ0v) is 20.1. The van der Waals surface area contributed by atoms with Gasteiger partial charge in [0.1, 0.15) is 17.2 Å². The molecular weight excluding hydrogens is 483 g/mol. The Morgan fingerprint density at radius 1 is 1.00 bits per heavy atom. The summed E-state index contributed by atoms with van der Waals surface area (Å²) >= 11 is 0. The number of para-hydroxylation sites is 1. The lowest BCUT2D eigenvalue weighted by Crippen LogP contribution is -2.45. The summed E-state index contributed by atoms with van der Waals surface area (Å²) in [4.78, 5) is 2.45. The summed E-state index contributed by atoms with van der Waals surface area (Å²) in [6.07, 6.45) is 1.05. The quantitative estimate of drug-likeness (QED) is 0.353. The number of piperidine rings is 1. The number of nitriles is 1. The molecule has 1 aliphatic carbocycles. The molecule has 2 atom stereocenters. The van der Waals surface area contributed by atoms with Crippen LogP contribution in [0.1, 0.15) is 61.3 Å². The summed E-state index contributed by atoms with van der Waals surface area (Å²) in [5.41, 5.74) is 3.07. The average molecular weight is 510 g/mol. The van der Waals surface area contributed by atoms with Crippen LogP contribution in [0.3, 0.4) is 0 Å². The molecule has 2 bridgehead atoms. The van der Waals surface area contributed by atoms with E-state index in [4.69, 9.17) is 14.5 Å². The van der Waals surface area contributed by atoms with Crippen LogP contribution in [-0.2, 0) is 11.3 Å². The minimum atomic E-state index is -4.81. The van der Waals surface area contributed by atoms with Gasteiger partial charge in [-0.3, -0.25) is 0 Å². The van der Waals surface area contributed by atoms with Gasteiger partial charge < -0.3 is 18.9 Å². The number of fused-ring (bicyclic) bond motifs is 2. The number of benzene rings is 2. The Balaban J connectivity index is 1.20. The third-order valence-corrected chi connectivity index (χ3v) is 7.58. The molecule has 37 heavy (non-hydrogen) atoms. The number of hydrogen-bond acceptors (Lipinski definition) is 6. The highest BCUT2D eigenvalue weighted by molar-refractivity contribution is 5.70. The lowest BCUT2D eigenvalue weighted by atomic mass is 9.98. The molecule has 3 aliphatic rings. The van der Waals surface area contributed by atoms with E-state index in [0.717, 1.165) is 44.2 Å². The number of anilines is 1. The zero-order valence-electron chi connectivity index (χ0n) is 20.1. The average Bonchev–Trinajstić information content (AvgIpc) is 3.58. The van der Waals surface area contributed by atoms with Crippen LogP contribution in [0, 0.1) is 11.3 Å². The summed E-state index contributed by atoms with van der Waals surface area (Å²) < 4.78 is 55.5. The highest BCUT2D eigenvalue weighted by Crippen LogP contribution is 2.46. The molecule has 0 spiro atoms. The molecule has 1 aromatic heterocycles. The van der Waals surface area contributed by atoms with Crippen molar-refractivity contribution in [2.24, 2.45) is 0 Å². The monoisotopic (exact) mass is 509 g/mol. The number of ether oxygens (including phenoxy) is 2. The van der Waals surface area contributed by atoms with Crippen LogP contribution in [0.5, 0.6) is 5.75 Å². The summed E-state index contributed by atoms with van der Waals surface area (Å²) in [7, 11) is 0. The van der Waals surface area contributed by atoms with E-state index < -0.39 is 6.36 Å². The summed E-state index contributed by atoms with van der Waals surface area (Å²) in [6, 6.07) is 16.6. The molecule has 2 aromatic carbocycles. The Bertz CT molecular complexity index is 1300. The number of aromatic nitrogens is 1. The molecule has 3 fully saturated rings. The normalized spacial score (nSPS) is 23.2. The van der Waals surface area contributed by atoms with Crippen molar-refractivity contribution in [1.29, 1.82) is 5.26 Å². The number of alkyl halides is 3. The van der Waals surface area contributed by atoms with Gasteiger partial charge in [-0.2, -0.15) is 5.26 Å². The van der Waals surface area contributed by atoms with E-state index >= 15 is 0 Å². The first-order chi connectivity index (χ1) is 17.9. The van der Waals surface area contributed by atoms with Crippen LogP contribution in [-0.4, -0.2) is 29.7 Å². The molecule has 0 amide bonds. The van der Waals surface area contributed by atoms with Crippen LogP contribution in [0.4, 0.5) is 18.9 Å². The van der Waals surface area contributed by atoms with Crippen LogP contribution >= 0.6 is 0 Å². The predicted molar refractivity (Wildman–Crippen MR) is 129 cm³/mol. The number of rotatable bonds is 7. The fourth-order valence-electron chi connectivity index (χ4n) is 5.81. The van der Waals surface area contributed by atoms with Gasteiger partial charge in [0.05, 0.1) is 24.3 Å². The van der Waals surface area contributed by atoms with Gasteiger partial charge in [0.2, 0.25) is 0 Å². The Kier molecular flexibility index (Phi) is 6.07. The van der Waals surface area contributed by atoms with Crippen molar-refractivity contribution < 1.29 is 27.2 Å². The van der Waals surface area contributed by atoms with E-state index in [1.54, 1.807) is 12.1 Å². The maximum atomic E-state index is 13.0. The fourth-order valence-corrected chi connectivity index (χ4v) is 5.81. The third kappa shape index (κ3) is 4.90. The predicted octanol–water partition coefficient (Wildman–Crippen LogP) is 6.71. The first kappa shape index (κ1) is 23.9. The van der Waals surface area contributed by atoms with Gasteiger partial charge in [-0.25, -0.2) is 0 Å². The second-order valence-corrected chi connectivity index (χ2v) is 10.0. The molecule has 2 unspecified atom stereocenters. The Hall–Kier alpha value is -3.51. The maximum Gasteiger partial charge on any atom is 0.573 e. The number of hydrogen-bond donors (Lipinski definition) is 0. The van der Waals surface area contributed by atoms with Crippen molar-refractivity contribution in [3.63, 3.8) is 0 Å². The largest absolute Gasteiger partial charge is 0.573 e. The van der Waals surface area contributed by atoms with Crippen LogP contribution in [0.25, 0.3) is 11.3 Å². The lowest BCUT2D eigenvalue weighted by Gasteiger charge is -2.40. The minimum Gasteiger partial charge on any atom is -0.405 e. The summed E-state index contributed by atoms with van der Waals surface area (Å²) in [5, 5.41) is 13.3. The van der Waals surface area contributed by atoms with Crippen molar-refractivity contribution >= 4 is 5.69 Å². The summed E-state index contributed by atoms with van der Waals surface area (Å²) in [5.74, 6) is 0.625. The third-order valence-electron chi connectivity index (χ3n) is 7.58. The van der Waals surface area contributed by atoms with Crippen molar-refractivity contribution in [3.8, 4) is 23.1 Å². The Morgan fingerprint density at radius 3 is 2.35 bits per heavy atom. The molecule has 0 radical (unpaired) electrons. The molecule has 3 heterocycles. The van der Waals surface area contributed by atoms with E-state index in [0.29, 0.717) is 34.7 Å². The van der Waals surface area contributed by atoms with Crippen LogP contribution in [0.2, 0.25) is 0 Å². The maximum absolute atomic E-state index is 13.0. The highest BCUT2D eigenvalue weighted by Gasteiger charge is 2.42. The van der Waals surface area contributed by atoms with Gasteiger partial charge in [-0.15, -0.1) is 13.2 Å². The number of halogens is 3. The molecule has 6 rings (SSSR count). The van der Waals surface area contributed by atoms with Gasteiger partial charge >= 0.3 is 6.36 Å². The van der Waals surface area contributed by atoms with E-state index in [1.165, 1.54) is 12.1 Å². The Labute approximate surface area is 212 Å². The van der Waals surface area contributed by atoms with E-state index in [2.05, 4.69) is 20.9 Å². The first-order valence-corrected chi connectivity index (χ1v) is 12.6. The standard InChI is InChI=1S/C28H26F3N3O3/c29-28(30,31)36-25-4-2-1-3-23(25)26-24(27(37-33-26)18-7-8-18)16-35-22-13-20-11-12-21(14-22)34(20)19-9-5-17(15-32)6-10-19/h1-6,9-10,18,20-22H,7-8,11-14,16H2. The number of nitrogens with zero attached hydrogens (tertiary/aromatic N) is 3. The van der Waals surface area contributed by atoms with E-state index in [1.807, 2.05) is 24.3 Å². The van der Waals surface area contributed by atoms with Crippen molar-refractivity contribution in [1.82, 2.24) is 5.16 Å². The topological polar surface area (TPSA) is 71.5 Å². The van der Waals surface area contributed by atoms with Gasteiger partial charge in [-0.05, 0) is 74.9 Å². The zero-order chi connectivity index (χ0) is 25.6. The van der Waals surface area contributed by atoms with Gasteiger partial charge in [0, 0.05) is 34.8 Å². The van der Waals surface area contributed by atoms with Crippen molar-refractivity contribution in [2.45, 2.75) is 75.6 Å². The molecule has 6 nitrogen and oxygen atoms in total. The molecule has 2 saturated heterocycles. The molecule has 3 aromatic rings. The lowest BCUT2D eigenvalue weighted by molar-refractivity contribution is -0.274. The molecular formula is C28H26F3N3O3. The van der Waals surface area contributed by atoms with Crippen LogP contribution < -0.4 is 9.64 Å². The fraction of sp³-hybridized carbons (Fsp3) is 0.429.